The van der Waals surface area contributed by atoms with Crippen LogP contribution in [-0.2, 0) is 17.8 Å². The molecule has 0 bridgehead atoms. The number of hydrogen-bond donors (Lipinski definition) is 0. The van der Waals surface area contributed by atoms with Crippen LogP contribution in [0.3, 0.4) is 0 Å². The minimum Gasteiger partial charge on any atom is -0.341 e. The Bertz CT molecular complexity index is 658. The number of halogens is 3. The van der Waals surface area contributed by atoms with Crippen molar-refractivity contribution in [1.82, 2.24) is 4.90 Å². The van der Waals surface area contributed by atoms with Crippen LogP contribution in [0.2, 0.25) is 0 Å². The molecule has 0 aliphatic rings. The van der Waals surface area contributed by atoms with E-state index in [0.29, 0.717) is 5.56 Å². The normalized spacial score (nSPS) is 10.5. The van der Waals surface area contributed by atoms with Crippen molar-refractivity contribution in [2.45, 2.75) is 13.0 Å². The van der Waals surface area contributed by atoms with Crippen LogP contribution in [0.25, 0.3) is 0 Å². The maximum atomic E-state index is 13.5. The van der Waals surface area contributed by atoms with Gasteiger partial charge in [0.05, 0.1) is 6.42 Å². The maximum absolute atomic E-state index is 13.5. The molecule has 21 heavy (non-hydrogen) atoms. The zero-order chi connectivity index (χ0) is 15.4. The van der Waals surface area contributed by atoms with Crippen LogP contribution >= 0.6 is 0 Å². The van der Waals surface area contributed by atoms with E-state index in [2.05, 4.69) is 0 Å². The molecule has 0 aromatic heterocycles. The number of likely N-dealkylation sites (N-methyl/N-ethyl adjacent to an activating group) is 1. The van der Waals surface area contributed by atoms with Crippen molar-refractivity contribution in [3.05, 3.63) is 71.0 Å². The van der Waals surface area contributed by atoms with Gasteiger partial charge in [0.2, 0.25) is 5.91 Å². The van der Waals surface area contributed by atoms with Crippen molar-refractivity contribution in [2.24, 2.45) is 0 Å². The first-order valence-corrected chi connectivity index (χ1v) is 6.38. The largest absolute Gasteiger partial charge is 0.341 e. The zero-order valence-electron chi connectivity index (χ0n) is 11.4. The lowest BCUT2D eigenvalue weighted by molar-refractivity contribution is -0.129. The maximum Gasteiger partial charge on any atom is 0.227 e. The molecule has 0 aliphatic heterocycles. The van der Waals surface area contributed by atoms with E-state index in [1.54, 1.807) is 6.07 Å². The molecule has 0 saturated carbocycles. The van der Waals surface area contributed by atoms with Crippen LogP contribution < -0.4 is 0 Å². The molecular formula is C16H14F3NO. The summed E-state index contributed by atoms with van der Waals surface area (Å²) in [6.45, 7) is 0.0280. The molecule has 0 radical (unpaired) electrons. The fraction of sp³-hybridized carbons (Fsp3) is 0.188. The number of benzene rings is 2. The fourth-order valence-electron chi connectivity index (χ4n) is 1.95. The first kappa shape index (κ1) is 15.1. The van der Waals surface area contributed by atoms with Gasteiger partial charge in [-0.15, -0.1) is 0 Å². The van der Waals surface area contributed by atoms with E-state index < -0.39 is 17.5 Å². The molecule has 2 rings (SSSR count). The smallest absolute Gasteiger partial charge is 0.227 e. The molecule has 0 aliphatic carbocycles. The van der Waals surface area contributed by atoms with Gasteiger partial charge in [-0.25, -0.2) is 13.2 Å². The van der Waals surface area contributed by atoms with E-state index in [9.17, 15) is 18.0 Å². The molecule has 5 heteroatoms. The molecule has 0 atom stereocenters. The van der Waals surface area contributed by atoms with Gasteiger partial charge in [-0.05, 0) is 23.8 Å². The topological polar surface area (TPSA) is 20.3 Å². The van der Waals surface area contributed by atoms with Crippen molar-refractivity contribution in [3.63, 3.8) is 0 Å². The summed E-state index contributed by atoms with van der Waals surface area (Å²) in [5.74, 6) is -2.04. The Morgan fingerprint density at radius 1 is 1.05 bits per heavy atom. The van der Waals surface area contributed by atoms with Crippen LogP contribution in [0.1, 0.15) is 11.1 Å². The van der Waals surface area contributed by atoms with Crippen LogP contribution in [0.5, 0.6) is 0 Å². The van der Waals surface area contributed by atoms with Gasteiger partial charge >= 0.3 is 0 Å². The van der Waals surface area contributed by atoms with Crippen LogP contribution in [0, 0.1) is 17.5 Å². The standard InChI is InChI=1S/C16H14F3NO/c1-20(10-12-5-6-14(18)9-15(12)19)16(21)8-11-3-2-4-13(17)7-11/h2-7,9H,8,10H2,1H3. The van der Waals surface area contributed by atoms with E-state index in [1.165, 1.54) is 36.2 Å². The van der Waals surface area contributed by atoms with Gasteiger partial charge in [-0.1, -0.05) is 18.2 Å². The lowest BCUT2D eigenvalue weighted by Crippen LogP contribution is -2.28. The molecule has 0 N–H and O–H groups in total. The second-order valence-electron chi connectivity index (χ2n) is 4.79. The number of rotatable bonds is 4. The third-order valence-electron chi connectivity index (χ3n) is 3.09. The third kappa shape index (κ3) is 4.08. The minimum atomic E-state index is -0.694. The summed E-state index contributed by atoms with van der Waals surface area (Å²) in [5.41, 5.74) is 0.776. The number of hydrogen-bond acceptors (Lipinski definition) is 1. The minimum absolute atomic E-state index is 0.0249. The number of nitrogens with zero attached hydrogens (tertiary/aromatic N) is 1. The number of carbonyl (C=O) groups is 1. The summed E-state index contributed by atoms with van der Waals surface area (Å²) in [5, 5.41) is 0. The molecule has 2 aromatic carbocycles. The average molecular weight is 293 g/mol. The van der Waals surface area contributed by atoms with Crippen molar-refractivity contribution in [3.8, 4) is 0 Å². The Labute approximate surface area is 120 Å². The molecule has 1 amide bonds. The first-order valence-electron chi connectivity index (χ1n) is 6.38. The quantitative estimate of drug-likeness (QED) is 0.847. The molecule has 0 fully saturated rings. The number of carbonyl (C=O) groups excluding carboxylic acids is 1. The zero-order valence-corrected chi connectivity index (χ0v) is 11.4. The molecule has 2 aromatic rings. The van der Waals surface area contributed by atoms with Crippen LogP contribution in [0.15, 0.2) is 42.5 Å². The van der Waals surface area contributed by atoms with Crippen molar-refractivity contribution < 1.29 is 18.0 Å². The summed E-state index contributed by atoms with van der Waals surface area (Å²) in [7, 11) is 1.52. The molecule has 2 nitrogen and oxygen atoms in total. The molecular weight excluding hydrogens is 279 g/mol. The van der Waals surface area contributed by atoms with E-state index in [-0.39, 0.29) is 24.4 Å². The van der Waals surface area contributed by atoms with Crippen molar-refractivity contribution in [2.75, 3.05) is 7.05 Å². The lowest BCUT2D eigenvalue weighted by atomic mass is 10.1. The number of amides is 1. The molecule has 0 unspecified atom stereocenters. The monoisotopic (exact) mass is 293 g/mol. The summed E-state index contributed by atoms with van der Waals surface area (Å²) in [6, 6.07) is 8.97. The second-order valence-corrected chi connectivity index (χ2v) is 4.79. The fourth-order valence-corrected chi connectivity index (χ4v) is 1.95. The predicted molar refractivity (Wildman–Crippen MR) is 72.9 cm³/mol. The highest BCUT2D eigenvalue weighted by Crippen LogP contribution is 2.13. The summed E-state index contributed by atoms with van der Waals surface area (Å²) < 4.78 is 39.4. The lowest BCUT2D eigenvalue weighted by Gasteiger charge is -2.17. The van der Waals surface area contributed by atoms with Gasteiger partial charge in [0, 0.05) is 25.2 Å². The van der Waals surface area contributed by atoms with Gasteiger partial charge in [0.25, 0.3) is 0 Å². The Kier molecular flexibility index (Phi) is 4.62. The van der Waals surface area contributed by atoms with E-state index in [4.69, 9.17) is 0 Å². The summed E-state index contributed by atoms with van der Waals surface area (Å²) >= 11 is 0. The van der Waals surface area contributed by atoms with E-state index in [0.717, 1.165) is 12.1 Å². The Balaban J connectivity index is 2.02. The molecule has 0 spiro atoms. The van der Waals surface area contributed by atoms with E-state index >= 15 is 0 Å². The highest BCUT2D eigenvalue weighted by molar-refractivity contribution is 5.78. The third-order valence-corrected chi connectivity index (χ3v) is 3.09. The SMILES string of the molecule is CN(Cc1ccc(F)cc1F)C(=O)Cc1cccc(F)c1. The van der Waals surface area contributed by atoms with Gasteiger partial charge in [0.15, 0.2) is 0 Å². The highest BCUT2D eigenvalue weighted by Gasteiger charge is 2.13. The van der Waals surface area contributed by atoms with Crippen LogP contribution in [-0.4, -0.2) is 17.9 Å². The van der Waals surface area contributed by atoms with Crippen molar-refractivity contribution in [1.29, 1.82) is 0 Å². The predicted octanol–water partition coefficient (Wildman–Crippen LogP) is 3.31. The van der Waals surface area contributed by atoms with Crippen molar-refractivity contribution >= 4 is 5.91 Å². The van der Waals surface area contributed by atoms with E-state index in [1.807, 2.05) is 0 Å². The Morgan fingerprint density at radius 3 is 2.43 bits per heavy atom. The first-order chi connectivity index (χ1) is 9.95. The van der Waals surface area contributed by atoms with Gasteiger partial charge in [-0.2, -0.15) is 0 Å². The molecule has 110 valence electrons. The summed E-state index contributed by atoms with van der Waals surface area (Å²) in [6.07, 6.45) is 0.0249. The van der Waals surface area contributed by atoms with Crippen LogP contribution in [0.4, 0.5) is 13.2 Å². The second kappa shape index (κ2) is 6.43. The molecule has 0 saturated heterocycles. The highest BCUT2D eigenvalue weighted by atomic mass is 19.1. The van der Waals surface area contributed by atoms with Gasteiger partial charge in [-0.3, -0.25) is 4.79 Å². The summed E-state index contributed by atoms with van der Waals surface area (Å²) in [4.78, 5) is 13.3. The van der Waals surface area contributed by atoms with Gasteiger partial charge in [0.1, 0.15) is 17.5 Å². The molecule has 0 heterocycles. The Hall–Kier alpha value is -2.30. The Morgan fingerprint density at radius 2 is 1.76 bits per heavy atom. The van der Waals surface area contributed by atoms with Gasteiger partial charge < -0.3 is 4.90 Å². The average Bonchev–Trinajstić information content (AvgIpc) is 2.41.